The molecule has 0 unspecified atom stereocenters. The topological polar surface area (TPSA) is 34.2 Å². The van der Waals surface area contributed by atoms with Crippen LogP contribution in [-0.2, 0) is 0 Å². The molecule has 10 aromatic carbocycles. The number of nitrogens with zero attached hydrogens (tertiary/aromatic N) is 3. The standard InChI is InChI=1S/C68H43N3O/c1-2-4-19-45(18-3-1)40-60(56-30-15-24-47-21-7-9-26-53(47)56)51-42-61-59-31-17-29-55(50-36-38-58-57-28-11-12-32-63(57)71(64(58)43-50)62-33-16-25-48-22-8-10-27-54(48)62)67(59)72-68(61)65(44-51)70(66-34-13-14-39-69-66)52-37-35-46-20-5-6-23-49(46)41-52/h1-18,20-44H. The van der Waals surface area contributed by atoms with E-state index in [-0.39, 0.29) is 0 Å². The third-order valence-corrected chi connectivity index (χ3v) is 14.2. The molecule has 0 saturated carbocycles. The van der Waals surface area contributed by atoms with E-state index < -0.39 is 0 Å². The van der Waals surface area contributed by atoms with Crippen molar-refractivity contribution in [3.8, 4) is 16.8 Å². The highest BCUT2D eigenvalue weighted by Crippen LogP contribution is 2.47. The molecule has 3 heterocycles. The van der Waals surface area contributed by atoms with Crippen LogP contribution >= 0.6 is 0 Å². The maximum atomic E-state index is 7.46. The second-order valence-electron chi connectivity index (χ2n) is 18.4. The summed E-state index contributed by atoms with van der Waals surface area (Å²) in [6.45, 7) is 0. The van der Waals surface area contributed by atoms with Gasteiger partial charge < -0.3 is 8.98 Å². The lowest BCUT2D eigenvalue weighted by Crippen LogP contribution is -2.12. The molecule has 1 aliphatic carbocycles. The SMILES string of the molecule is C1=CC=CC=CC=1C=C(c1cc(N(c2ccc3ccccc3c2)c2ccccn2)c2oc3c(-c4ccc5c6ccccc6n(-c6cccc7ccccc67)c5c4)cccc3c2c1)c1cccc2ccccc12. The third kappa shape index (κ3) is 6.89. The highest BCUT2D eigenvalue weighted by Gasteiger charge is 2.25. The van der Waals surface area contributed by atoms with Crippen molar-refractivity contribution in [2.45, 2.75) is 0 Å². The van der Waals surface area contributed by atoms with Crippen LogP contribution in [0.1, 0.15) is 11.1 Å². The van der Waals surface area contributed by atoms with Gasteiger partial charge in [-0.05, 0) is 122 Å². The lowest BCUT2D eigenvalue weighted by Gasteiger charge is -2.26. The summed E-state index contributed by atoms with van der Waals surface area (Å²) in [5.74, 6) is 0.776. The molecule has 72 heavy (non-hydrogen) atoms. The van der Waals surface area contributed by atoms with E-state index in [2.05, 4.69) is 246 Å². The molecule has 14 rings (SSSR count). The molecule has 0 N–H and O–H groups in total. The number of aromatic nitrogens is 2. The molecule has 0 atom stereocenters. The minimum atomic E-state index is 0.765. The fraction of sp³-hybridized carbons (Fsp3) is 0. The average Bonchev–Trinajstić information content (AvgIpc) is 3.86. The molecule has 0 radical (unpaired) electrons. The van der Waals surface area contributed by atoms with Crippen molar-refractivity contribution in [1.82, 2.24) is 9.55 Å². The number of furan rings is 1. The van der Waals surface area contributed by atoms with Crippen LogP contribution < -0.4 is 4.90 Å². The summed E-state index contributed by atoms with van der Waals surface area (Å²) in [6, 6.07) is 78.5. The van der Waals surface area contributed by atoms with Crippen molar-refractivity contribution in [1.29, 1.82) is 0 Å². The summed E-state index contributed by atoms with van der Waals surface area (Å²) in [5.41, 5.74) is 16.7. The van der Waals surface area contributed by atoms with Gasteiger partial charge >= 0.3 is 0 Å². The molecule has 4 heteroatoms. The fourth-order valence-corrected chi connectivity index (χ4v) is 10.9. The molecule has 13 aromatic rings. The van der Waals surface area contributed by atoms with Gasteiger partial charge in [-0.1, -0.05) is 182 Å². The molecule has 336 valence electrons. The van der Waals surface area contributed by atoms with Gasteiger partial charge in [-0.3, -0.25) is 4.90 Å². The van der Waals surface area contributed by atoms with Crippen LogP contribution in [0.5, 0.6) is 0 Å². The number of benzene rings is 10. The van der Waals surface area contributed by atoms with Gasteiger partial charge in [0.2, 0.25) is 0 Å². The minimum absolute atomic E-state index is 0.765. The fourth-order valence-electron chi connectivity index (χ4n) is 10.9. The van der Waals surface area contributed by atoms with Gasteiger partial charge in [-0.15, -0.1) is 5.73 Å². The maximum absolute atomic E-state index is 7.46. The highest BCUT2D eigenvalue weighted by atomic mass is 16.3. The molecule has 3 aromatic heterocycles. The molecular weight excluding hydrogens is 875 g/mol. The van der Waals surface area contributed by atoms with Crippen molar-refractivity contribution < 1.29 is 4.42 Å². The maximum Gasteiger partial charge on any atom is 0.159 e. The van der Waals surface area contributed by atoms with E-state index in [0.29, 0.717) is 0 Å². The highest BCUT2D eigenvalue weighted by molar-refractivity contribution is 6.17. The van der Waals surface area contributed by atoms with E-state index in [9.17, 15) is 0 Å². The number of anilines is 3. The first kappa shape index (κ1) is 41.3. The third-order valence-electron chi connectivity index (χ3n) is 14.2. The Bertz CT molecular complexity index is 4490. The van der Waals surface area contributed by atoms with Gasteiger partial charge in [0.25, 0.3) is 0 Å². The van der Waals surface area contributed by atoms with Crippen LogP contribution in [0.15, 0.2) is 277 Å². The second-order valence-corrected chi connectivity index (χ2v) is 18.4. The van der Waals surface area contributed by atoms with Crippen LogP contribution in [0.4, 0.5) is 17.2 Å². The largest absolute Gasteiger partial charge is 0.453 e. The van der Waals surface area contributed by atoms with E-state index in [1.54, 1.807) is 0 Å². The van der Waals surface area contributed by atoms with E-state index >= 15 is 0 Å². The van der Waals surface area contributed by atoms with Crippen LogP contribution in [0.2, 0.25) is 0 Å². The summed E-state index contributed by atoms with van der Waals surface area (Å²) in [4.78, 5) is 7.30. The first-order valence-electron chi connectivity index (χ1n) is 24.4. The number of para-hydroxylation sites is 2. The van der Waals surface area contributed by atoms with Crippen molar-refractivity contribution in [2.75, 3.05) is 4.90 Å². The summed E-state index contributed by atoms with van der Waals surface area (Å²) in [6.07, 6.45) is 14.4. The predicted octanol–water partition coefficient (Wildman–Crippen LogP) is 18.3. The first-order valence-corrected chi connectivity index (χ1v) is 24.4. The van der Waals surface area contributed by atoms with E-state index in [0.717, 1.165) is 89.1 Å². The Morgan fingerprint density at radius 2 is 1.22 bits per heavy atom. The van der Waals surface area contributed by atoms with Crippen LogP contribution in [0.25, 0.3) is 98.4 Å². The minimum Gasteiger partial charge on any atom is -0.453 e. The normalized spacial score (nSPS) is 12.8. The Morgan fingerprint density at radius 1 is 0.500 bits per heavy atom. The van der Waals surface area contributed by atoms with Gasteiger partial charge in [0, 0.05) is 50.0 Å². The zero-order chi connectivity index (χ0) is 47.5. The molecule has 0 aliphatic heterocycles. The molecule has 0 saturated heterocycles. The number of hydrogen-bond donors (Lipinski definition) is 0. The lowest BCUT2D eigenvalue weighted by molar-refractivity contribution is 0.670. The number of fused-ring (bicyclic) bond motifs is 9. The summed E-state index contributed by atoms with van der Waals surface area (Å²) < 4.78 is 9.89. The zero-order valence-electron chi connectivity index (χ0n) is 39.1. The van der Waals surface area contributed by atoms with Gasteiger partial charge in [-0.2, -0.15) is 0 Å². The quantitative estimate of drug-likeness (QED) is 0.142. The van der Waals surface area contributed by atoms with Gasteiger partial charge in [-0.25, -0.2) is 4.98 Å². The Morgan fingerprint density at radius 3 is 2.10 bits per heavy atom. The van der Waals surface area contributed by atoms with Gasteiger partial charge in [0.05, 0.1) is 22.4 Å². The zero-order valence-corrected chi connectivity index (χ0v) is 39.1. The van der Waals surface area contributed by atoms with Crippen molar-refractivity contribution in [2.24, 2.45) is 0 Å². The number of pyridine rings is 1. The monoisotopic (exact) mass is 917 g/mol. The first-order chi connectivity index (χ1) is 35.7. The Labute approximate surface area is 416 Å². The van der Waals surface area contributed by atoms with Gasteiger partial charge in [0.1, 0.15) is 11.4 Å². The summed E-state index contributed by atoms with van der Waals surface area (Å²) >= 11 is 0. The van der Waals surface area contributed by atoms with E-state index in [1.165, 1.54) is 43.2 Å². The second kappa shape index (κ2) is 17.0. The molecule has 4 nitrogen and oxygen atoms in total. The van der Waals surface area contributed by atoms with Crippen LogP contribution in [-0.4, -0.2) is 9.55 Å². The predicted molar refractivity (Wildman–Crippen MR) is 302 cm³/mol. The lowest BCUT2D eigenvalue weighted by atomic mass is 9.90. The smallest absolute Gasteiger partial charge is 0.159 e. The van der Waals surface area contributed by atoms with Crippen molar-refractivity contribution in [3.05, 3.63) is 283 Å². The molecule has 1 aliphatic rings. The summed E-state index contributed by atoms with van der Waals surface area (Å²) in [7, 11) is 0. The van der Waals surface area contributed by atoms with Gasteiger partial charge in [0.15, 0.2) is 5.58 Å². The number of allylic oxidation sites excluding steroid dienone is 6. The van der Waals surface area contributed by atoms with E-state index in [4.69, 9.17) is 9.40 Å². The van der Waals surface area contributed by atoms with Crippen LogP contribution in [0.3, 0.4) is 0 Å². The number of rotatable bonds is 8. The molecule has 0 bridgehead atoms. The molecule has 0 amide bonds. The average molecular weight is 918 g/mol. The Hall–Kier alpha value is -9.73. The van der Waals surface area contributed by atoms with Crippen molar-refractivity contribution >= 4 is 98.8 Å². The number of hydrogen-bond acceptors (Lipinski definition) is 3. The van der Waals surface area contributed by atoms with Crippen LogP contribution in [0, 0.1) is 0 Å². The molecular formula is C68H43N3O. The molecule has 0 fully saturated rings. The Balaban J connectivity index is 1.06. The van der Waals surface area contributed by atoms with E-state index in [1.807, 2.05) is 30.5 Å². The molecule has 0 spiro atoms. The van der Waals surface area contributed by atoms with Crippen molar-refractivity contribution in [3.63, 3.8) is 0 Å². The Kier molecular flexibility index (Phi) is 9.77. The summed E-state index contributed by atoms with van der Waals surface area (Å²) in [5, 5.41) is 11.5.